The van der Waals surface area contributed by atoms with Gasteiger partial charge >= 0.3 is 0 Å². The molecule has 0 bridgehead atoms. The van der Waals surface area contributed by atoms with Gasteiger partial charge in [0.25, 0.3) is 5.91 Å². The monoisotopic (exact) mass is 280 g/mol. The number of carbonyl (C=O) groups excluding carboxylic acids is 1. The lowest BCUT2D eigenvalue weighted by molar-refractivity contribution is 0.101. The molecule has 1 N–H and O–H groups in total. The molecule has 5 heteroatoms. The maximum absolute atomic E-state index is 11.6. The van der Waals surface area contributed by atoms with E-state index in [1.807, 2.05) is 24.3 Å². The lowest BCUT2D eigenvalue weighted by Crippen LogP contribution is -2.11. The Morgan fingerprint density at radius 3 is 2.62 bits per heavy atom. The Balaban J connectivity index is 2.06. The number of amides is 1. The van der Waals surface area contributed by atoms with Crippen molar-refractivity contribution in [3.8, 4) is 0 Å². The van der Waals surface area contributed by atoms with Crippen LogP contribution < -0.4 is 5.32 Å². The number of anilines is 1. The summed E-state index contributed by atoms with van der Waals surface area (Å²) in [6.45, 7) is 0. The van der Waals surface area contributed by atoms with E-state index >= 15 is 0 Å². The van der Waals surface area contributed by atoms with Crippen molar-refractivity contribution in [2.24, 2.45) is 0 Å². The highest BCUT2D eigenvalue weighted by Gasteiger charge is 2.08. The summed E-state index contributed by atoms with van der Waals surface area (Å²) in [5.41, 5.74) is 2.15. The molecule has 0 saturated heterocycles. The molecule has 0 aliphatic carbocycles. The van der Waals surface area contributed by atoms with Gasteiger partial charge in [0.15, 0.2) is 5.69 Å². The van der Waals surface area contributed by atoms with Crippen LogP contribution in [0.4, 0.5) is 5.69 Å². The highest BCUT2D eigenvalue weighted by molar-refractivity contribution is 9.08. The van der Waals surface area contributed by atoms with Crippen molar-refractivity contribution >= 4 is 27.5 Å². The lowest BCUT2D eigenvalue weighted by atomic mass is 10.2. The number of nitrogens with zero attached hydrogens (tertiary/aromatic N) is 1. The zero-order valence-electron chi connectivity index (χ0n) is 8.31. The fraction of sp³-hybridized carbons (Fsp3) is 0.0909. The highest BCUT2D eigenvalue weighted by atomic mass is 79.9. The van der Waals surface area contributed by atoms with Gasteiger partial charge in [-0.3, -0.25) is 4.79 Å². The van der Waals surface area contributed by atoms with Crippen LogP contribution in [0.2, 0.25) is 0 Å². The van der Waals surface area contributed by atoms with Gasteiger partial charge in [0.2, 0.25) is 0 Å². The number of halogens is 1. The van der Waals surface area contributed by atoms with Gasteiger partial charge in [-0.25, -0.2) is 0 Å². The minimum absolute atomic E-state index is 0.268. The van der Waals surface area contributed by atoms with Crippen LogP contribution in [-0.2, 0) is 5.33 Å². The molecule has 0 radical (unpaired) electrons. The van der Waals surface area contributed by atoms with Crippen LogP contribution in [0.3, 0.4) is 0 Å². The maximum atomic E-state index is 11.6. The van der Waals surface area contributed by atoms with E-state index in [2.05, 4.69) is 30.9 Å². The van der Waals surface area contributed by atoms with Crippen LogP contribution >= 0.6 is 15.9 Å². The number of hydrogen-bond donors (Lipinski definition) is 1. The minimum atomic E-state index is -0.277. The first-order valence-electron chi connectivity index (χ1n) is 4.66. The second kappa shape index (κ2) is 4.94. The Kier molecular flexibility index (Phi) is 3.36. The van der Waals surface area contributed by atoms with E-state index in [0.717, 1.165) is 16.6 Å². The first-order chi connectivity index (χ1) is 7.79. The van der Waals surface area contributed by atoms with Gasteiger partial charge in [0, 0.05) is 17.1 Å². The standard InChI is InChI=1S/C11H9BrN2O2/c12-7-8-1-3-9(4-2-8)13-11(15)10-5-6-16-14-10/h1-6H,7H2,(H,13,15). The number of aromatic nitrogens is 1. The molecular weight excluding hydrogens is 272 g/mol. The summed E-state index contributed by atoms with van der Waals surface area (Å²) < 4.78 is 4.59. The Hall–Kier alpha value is -1.62. The Bertz CT molecular complexity index is 465. The predicted molar refractivity (Wildman–Crippen MR) is 63.5 cm³/mol. The first-order valence-corrected chi connectivity index (χ1v) is 5.78. The van der Waals surface area contributed by atoms with Crippen molar-refractivity contribution in [2.75, 3.05) is 5.32 Å². The Labute approximate surface area is 101 Å². The molecule has 2 rings (SSSR count). The van der Waals surface area contributed by atoms with Crippen molar-refractivity contribution in [3.05, 3.63) is 47.9 Å². The van der Waals surface area contributed by atoms with Crippen molar-refractivity contribution in [3.63, 3.8) is 0 Å². The fourth-order valence-electron chi connectivity index (χ4n) is 1.20. The zero-order chi connectivity index (χ0) is 11.4. The lowest BCUT2D eigenvalue weighted by Gasteiger charge is -2.03. The van der Waals surface area contributed by atoms with Gasteiger partial charge in [0.1, 0.15) is 6.26 Å². The summed E-state index contributed by atoms with van der Waals surface area (Å²) in [4.78, 5) is 11.6. The van der Waals surface area contributed by atoms with Gasteiger partial charge in [-0.15, -0.1) is 0 Å². The number of carbonyl (C=O) groups is 1. The van der Waals surface area contributed by atoms with Crippen molar-refractivity contribution < 1.29 is 9.32 Å². The molecule has 82 valence electrons. The topological polar surface area (TPSA) is 55.1 Å². The van der Waals surface area contributed by atoms with Crippen molar-refractivity contribution in [1.29, 1.82) is 0 Å². The van der Waals surface area contributed by atoms with Crippen LogP contribution in [-0.4, -0.2) is 11.1 Å². The third kappa shape index (κ3) is 2.49. The highest BCUT2D eigenvalue weighted by Crippen LogP contribution is 2.12. The number of hydrogen-bond acceptors (Lipinski definition) is 3. The summed E-state index contributed by atoms with van der Waals surface area (Å²) in [7, 11) is 0. The molecule has 1 aromatic heterocycles. The molecule has 0 aliphatic heterocycles. The van der Waals surface area contributed by atoms with Crippen LogP contribution in [0.15, 0.2) is 41.1 Å². The normalized spacial score (nSPS) is 10.1. The molecule has 1 aromatic carbocycles. The smallest absolute Gasteiger partial charge is 0.277 e. The SMILES string of the molecule is O=C(Nc1ccc(CBr)cc1)c1ccon1. The summed E-state index contributed by atoms with van der Waals surface area (Å²) in [5, 5.41) is 7.07. The molecule has 1 amide bonds. The Morgan fingerprint density at radius 2 is 2.06 bits per heavy atom. The summed E-state index contributed by atoms with van der Waals surface area (Å²) in [6.07, 6.45) is 1.36. The quantitative estimate of drug-likeness (QED) is 0.880. The number of rotatable bonds is 3. The second-order valence-electron chi connectivity index (χ2n) is 3.17. The van der Waals surface area contributed by atoms with E-state index in [9.17, 15) is 4.79 Å². The van der Waals surface area contributed by atoms with E-state index in [0.29, 0.717) is 0 Å². The second-order valence-corrected chi connectivity index (χ2v) is 3.73. The van der Waals surface area contributed by atoms with E-state index in [1.165, 1.54) is 12.3 Å². The molecule has 0 spiro atoms. The maximum Gasteiger partial charge on any atom is 0.277 e. The molecule has 0 atom stereocenters. The van der Waals surface area contributed by atoms with Crippen LogP contribution in [0, 0.1) is 0 Å². The molecule has 16 heavy (non-hydrogen) atoms. The fourth-order valence-corrected chi connectivity index (χ4v) is 1.58. The van der Waals surface area contributed by atoms with E-state index in [4.69, 9.17) is 0 Å². The van der Waals surface area contributed by atoms with Gasteiger partial charge in [-0.05, 0) is 17.7 Å². The first kappa shape index (κ1) is 10.9. The number of alkyl halides is 1. The van der Waals surface area contributed by atoms with Crippen LogP contribution in [0.5, 0.6) is 0 Å². The van der Waals surface area contributed by atoms with Crippen molar-refractivity contribution in [2.45, 2.75) is 5.33 Å². The van der Waals surface area contributed by atoms with Crippen LogP contribution in [0.25, 0.3) is 0 Å². The number of nitrogens with one attached hydrogen (secondary N) is 1. The number of benzene rings is 1. The van der Waals surface area contributed by atoms with E-state index < -0.39 is 0 Å². The third-order valence-electron chi connectivity index (χ3n) is 2.04. The minimum Gasteiger partial charge on any atom is -0.364 e. The largest absolute Gasteiger partial charge is 0.364 e. The van der Waals surface area contributed by atoms with Gasteiger partial charge in [-0.2, -0.15) is 0 Å². The Morgan fingerprint density at radius 1 is 1.31 bits per heavy atom. The molecule has 4 nitrogen and oxygen atoms in total. The van der Waals surface area contributed by atoms with Crippen LogP contribution in [0.1, 0.15) is 16.1 Å². The third-order valence-corrected chi connectivity index (χ3v) is 2.68. The van der Waals surface area contributed by atoms with Crippen molar-refractivity contribution in [1.82, 2.24) is 5.16 Å². The van der Waals surface area contributed by atoms with Gasteiger partial charge in [-0.1, -0.05) is 33.2 Å². The van der Waals surface area contributed by atoms with Gasteiger partial charge < -0.3 is 9.84 Å². The predicted octanol–water partition coefficient (Wildman–Crippen LogP) is 2.82. The molecule has 2 aromatic rings. The zero-order valence-corrected chi connectivity index (χ0v) is 9.90. The molecule has 1 heterocycles. The summed E-state index contributed by atoms with van der Waals surface area (Å²) in [6, 6.07) is 9.08. The molecule has 0 saturated carbocycles. The average molecular weight is 281 g/mol. The summed E-state index contributed by atoms with van der Waals surface area (Å²) in [5.74, 6) is -0.277. The average Bonchev–Trinajstić information content (AvgIpc) is 2.83. The van der Waals surface area contributed by atoms with Gasteiger partial charge in [0.05, 0.1) is 0 Å². The molecular formula is C11H9BrN2O2. The summed E-state index contributed by atoms with van der Waals surface area (Å²) >= 11 is 3.35. The van der Waals surface area contributed by atoms with E-state index in [1.54, 1.807) is 0 Å². The molecule has 0 aliphatic rings. The molecule has 0 unspecified atom stereocenters. The molecule has 0 fully saturated rings. The van der Waals surface area contributed by atoms with E-state index in [-0.39, 0.29) is 11.6 Å².